The molecule has 1 spiro atoms. The highest BCUT2D eigenvalue weighted by atomic mass is 16.7. The Hall–Kier alpha value is -0.810. The SMILES string of the molecule is CC(C)(C)OC(=O)N[C@H]1CCC2CC3(C[C@H]2C1)OCCO3. The third-order valence-corrected chi connectivity index (χ3v) is 4.82. The lowest BCUT2D eigenvalue weighted by Gasteiger charge is -2.32. The van der Waals surface area contributed by atoms with E-state index in [0.717, 1.165) is 45.3 Å². The zero-order valence-corrected chi connectivity index (χ0v) is 13.3. The van der Waals surface area contributed by atoms with E-state index in [1.807, 2.05) is 20.8 Å². The lowest BCUT2D eigenvalue weighted by atomic mass is 9.79. The van der Waals surface area contributed by atoms with Gasteiger partial charge in [-0.05, 0) is 51.9 Å². The minimum atomic E-state index is -0.440. The van der Waals surface area contributed by atoms with Crippen LogP contribution in [0.2, 0.25) is 0 Å². The number of fused-ring (bicyclic) bond motifs is 1. The fourth-order valence-corrected chi connectivity index (χ4v) is 4.07. The Morgan fingerprint density at radius 1 is 1.14 bits per heavy atom. The summed E-state index contributed by atoms with van der Waals surface area (Å²) in [6, 6.07) is 0.220. The molecule has 5 nitrogen and oxygen atoms in total. The molecule has 0 aromatic carbocycles. The van der Waals surface area contributed by atoms with Crippen molar-refractivity contribution in [2.24, 2.45) is 11.8 Å². The van der Waals surface area contributed by atoms with Crippen molar-refractivity contribution >= 4 is 6.09 Å². The van der Waals surface area contributed by atoms with Gasteiger partial charge in [0, 0.05) is 18.9 Å². The molecule has 2 aliphatic carbocycles. The second kappa shape index (κ2) is 5.43. The van der Waals surface area contributed by atoms with E-state index in [4.69, 9.17) is 14.2 Å². The van der Waals surface area contributed by atoms with Gasteiger partial charge in [-0.2, -0.15) is 0 Å². The standard InChI is InChI=1S/C16H27NO4/c1-15(2,3)21-14(18)17-13-5-4-11-9-16(10-12(11)8-13)19-6-7-20-16/h11-13H,4-10H2,1-3H3,(H,17,18)/t11?,12-,13+/m1/s1. The van der Waals surface area contributed by atoms with E-state index in [-0.39, 0.29) is 17.9 Å². The molecule has 3 atom stereocenters. The first-order valence-electron chi connectivity index (χ1n) is 8.13. The number of carbonyl (C=O) groups excluding carboxylic acids is 1. The molecule has 3 aliphatic rings. The third kappa shape index (κ3) is 3.51. The molecule has 21 heavy (non-hydrogen) atoms. The lowest BCUT2D eigenvalue weighted by molar-refractivity contribution is -0.154. The van der Waals surface area contributed by atoms with Crippen molar-refractivity contribution in [1.29, 1.82) is 0 Å². The number of amides is 1. The zero-order valence-electron chi connectivity index (χ0n) is 13.3. The minimum absolute atomic E-state index is 0.220. The quantitative estimate of drug-likeness (QED) is 0.808. The molecular formula is C16H27NO4. The summed E-state index contributed by atoms with van der Waals surface area (Å²) in [6.07, 6.45) is 4.88. The van der Waals surface area contributed by atoms with Gasteiger partial charge in [-0.25, -0.2) is 4.79 Å². The van der Waals surface area contributed by atoms with Crippen LogP contribution < -0.4 is 5.32 Å². The smallest absolute Gasteiger partial charge is 0.407 e. The average molecular weight is 297 g/mol. The molecule has 1 amide bonds. The molecular weight excluding hydrogens is 270 g/mol. The van der Waals surface area contributed by atoms with Gasteiger partial charge in [0.05, 0.1) is 13.2 Å². The fourth-order valence-electron chi connectivity index (χ4n) is 4.07. The summed E-state index contributed by atoms with van der Waals surface area (Å²) >= 11 is 0. The molecule has 0 aromatic rings. The van der Waals surface area contributed by atoms with E-state index in [9.17, 15) is 4.79 Å². The van der Waals surface area contributed by atoms with Gasteiger partial charge < -0.3 is 19.5 Å². The van der Waals surface area contributed by atoms with E-state index < -0.39 is 5.60 Å². The highest BCUT2D eigenvalue weighted by Crippen LogP contribution is 2.50. The molecule has 1 N–H and O–H groups in total. The van der Waals surface area contributed by atoms with Crippen molar-refractivity contribution < 1.29 is 19.0 Å². The summed E-state index contributed by atoms with van der Waals surface area (Å²) in [4.78, 5) is 11.9. The summed E-state index contributed by atoms with van der Waals surface area (Å²) in [5, 5.41) is 3.02. The van der Waals surface area contributed by atoms with Crippen LogP contribution in [0.15, 0.2) is 0 Å². The molecule has 0 radical (unpaired) electrons. The van der Waals surface area contributed by atoms with Gasteiger partial charge in [0.1, 0.15) is 5.60 Å². The van der Waals surface area contributed by atoms with Gasteiger partial charge in [0.2, 0.25) is 0 Å². The van der Waals surface area contributed by atoms with E-state index in [1.54, 1.807) is 0 Å². The first kappa shape index (κ1) is 15.1. The highest BCUT2D eigenvalue weighted by molar-refractivity contribution is 5.68. The maximum Gasteiger partial charge on any atom is 0.407 e. The van der Waals surface area contributed by atoms with Crippen LogP contribution in [0, 0.1) is 11.8 Å². The monoisotopic (exact) mass is 297 g/mol. The molecule has 2 saturated carbocycles. The molecule has 3 rings (SSSR count). The van der Waals surface area contributed by atoms with Crippen LogP contribution in [0.3, 0.4) is 0 Å². The molecule has 1 aliphatic heterocycles. The topological polar surface area (TPSA) is 56.8 Å². The Balaban J connectivity index is 1.52. The number of rotatable bonds is 1. The fraction of sp³-hybridized carbons (Fsp3) is 0.938. The molecule has 120 valence electrons. The van der Waals surface area contributed by atoms with Crippen LogP contribution in [-0.4, -0.2) is 36.7 Å². The van der Waals surface area contributed by atoms with E-state index in [1.165, 1.54) is 0 Å². The number of hydrogen-bond donors (Lipinski definition) is 1. The second-order valence-electron chi connectivity index (χ2n) is 7.69. The van der Waals surface area contributed by atoms with Crippen LogP contribution in [0.4, 0.5) is 4.79 Å². The van der Waals surface area contributed by atoms with Crippen LogP contribution in [0.5, 0.6) is 0 Å². The number of alkyl carbamates (subject to hydrolysis) is 1. The number of hydrogen-bond acceptors (Lipinski definition) is 4. The van der Waals surface area contributed by atoms with Crippen molar-refractivity contribution in [3.8, 4) is 0 Å². The second-order valence-corrected chi connectivity index (χ2v) is 7.69. The van der Waals surface area contributed by atoms with Gasteiger partial charge in [0.25, 0.3) is 0 Å². The summed E-state index contributed by atoms with van der Waals surface area (Å²) in [7, 11) is 0. The number of nitrogens with one attached hydrogen (secondary N) is 1. The maximum atomic E-state index is 11.9. The number of carbonyl (C=O) groups is 1. The van der Waals surface area contributed by atoms with Crippen molar-refractivity contribution in [3.63, 3.8) is 0 Å². The first-order valence-corrected chi connectivity index (χ1v) is 8.13. The van der Waals surface area contributed by atoms with Gasteiger partial charge in [0.15, 0.2) is 5.79 Å². The normalized spacial score (nSPS) is 34.7. The molecule has 0 bridgehead atoms. The molecule has 1 heterocycles. The summed E-state index contributed by atoms with van der Waals surface area (Å²) < 4.78 is 17.0. The molecule has 3 fully saturated rings. The van der Waals surface area contributed by atoms with E-state index in [2.05, 4.69) is 5.32 Å². The summed E-state index contributed by atoms with van der Waals surface area (Å²) in [6.45, 7) is 7.11. The third-order valence-electron chi connectivity index (χ3n) is 4.82. The first-order chi connectivity index (χ1) is 9.85. The van der Waals surface area contributed by atoms with Crippen LogP contribution in [0.25, 0.3) is 0 Å². The predicted octanol–water partition coefficient (Wildman–Crippen LogP) is 2.83. The minimum Gasteiger partial charge on any atom is -0.444 e. The molecule has 1 saturated heterocycles. The van der Waals surface area contributed by atoms with Crippen LogP contribution in [0.1, 0.15) is 52.9 Å². The zero-order chi connectivity index (χ0) is 15.1. The average Bonchev–Trinajstić information content (AvgIpc) is 2.93. The Morgan fingerprint density at radius 3 is 2.48 bits per heavy atom. The Morgan fingerprint density at radius 2 is 1.81 bits per heavy atom. The lowest BCUT2D eigenvalue weighted by Crippen LogP contribution is -2.42. The molecule has 0 aromatic heterocycles. The predicted molar refractivity (Wildman–Crippen MR) is 77.9 cm³/mol. The molecule has 1 unspecified atom stereocenters. The highest BCUT2D eigenvalue weighted by Gasteiger charge is 2.51. The van der Waals surface area contributed by atoms with Crippen molar-refractivity contribution in [1.82, 2.24) is 5.32 Å². The van der Waals surface area contributed by atoms with Crippen LogP contribution in [-0.2, 0) is 14.2 Å². The summed E-state index contributed by atoms with van der Waals surface area (Å²) in [5.41, 5.74) is -0.440. The molecule has 5 heteroatoms. The van der Waals surface area contributed by atoms with Gasteiger partial charge >= 0.3 is 6.09 Å². The van der Waals surface area contributed by atoms with Gasteiger partial charge in [-0.3, -0.25) is 0 Å². The van der Waals surface area contributed by atoms with E-state index in [0.29, 0.717) is 11.8 Å². The van der Waals surface area contributed by atoms with Crippen molar-refractivity contribution in [3.05, 3.63) is 0 Å². The van der Waals surface area contributed by atoms with Crippen LogP contribution >= 0.6 is 0 Å². The summed E-state index contributed by atoms with van der Waals surface area (Å²) in [5.74, 6) is 0.965. The largest absolute Gasteiger partial charge is 0.444 e. The van der Waals surface area contributed by atoms with Gasteiger partial charge in [-0.15, -0.1) is 0 Å². The Labute approximate surface area is 126 Å². The Kier molecular flexibility index (Phi) is 3.91. The Bertz CT molecular complexity index is 398. The van der Waals surface area contributed by atoms with Crippen molar-refractivity contribution in [2.45, 2.75) is 70.3 Å². The van der Waals surface area contributed by atoms with E-state index >= 15 is 0 Å². The maximum absolute atomic E-state index is 11.9. The number of ether oxygens (including phenoxy) is 3. The van der Waals surface area contributed by atoms with Crippen molar-refractivity contribution in [2.75, 3.05) is 13.2 Å². The van der Waals surface area contributed by atoms with Gasteiger partial charge in [-0.1, -0.05) is 0 Å².